The van der Waals surface area contributed by atoms with Crippen molar-refractivity contribution in [2.24, 2.45) is 5.92 Å². The van der Waals surface area contributed by atoms with Gasteiger partial charge in [0.1, 0.15) is 5.75 Å². The molecule has 2 heterocycles. The number of likely N-dealkylation sites (N-methyl/N-ethyl adjacent to an activating group) is 1. The number of nitrogens with zero attached hydrogens (tertiary/aromatic N) is 2. The molecule has 1 spiro atoms. The van der Waals surface area contributed by atoms with Gasteiger partial charge in [-0.05, 0) is 43.7 Å². The van der Waals surface area contributed by atoms with E-state index in [1.807, 2.05) is 7.05 Å². The zero-order valence-corrected chi connectivity index (χ0v) is 13.7. The molecule has 2 aliphatic rings. The molecule has 22 heavy (non-hydrogen) atoms. The van der Waals surface area contributed by atoms with Crippen LogP contribution in [0.3, 0.4) is 0 Å². The van der Waals surface area contributed by atoms with Crippen LogP contribution in [0.15, 0.2) is 29.2 Å². The van der Waals surface area contributed by atoms with Crippen LogP contribution in [0.2, 0.25) is 0 Å². The number of benzene rings is 1. The second-order valence-electron chi connectivity index (χ2n) is 6.31. The number of aliphatic hydroxyl groups excluding tert-OH is 1. The molecule has 2 aliphatic heterocycles. The van der Waals surface area contributed by atoms with Crippen molar-refractivity contribution >= 4 is 10.0 Å². The van der Waals surface area contributed by atoms with Crippen molar-refractivity contribution in [3.63, 3.8) is 0 Å². The Labute approximate surface area is 131 Å². The van der Waals surface area contributed by atoms with Gasteiger partial charge in [-0.3, -0.25) is 4.90 Å². The smallest absolute Gasteiger partial charge is 0.243 e. The number of ether oxygens (including phenoxy) is 1. The highest BCUT2D eigenvalue weighted by molar-refractivity contribution is 7.89. The molecule has 1 aromatic rings. The Morgan fingerprint density at radius 3 is 2.45 bits per heavy atom. The fraction of sp³-hybridized carbons (Fsp3) is 0.600. The molecule has 0 aromatic heterocycles. The minimum atomic E-state index is -3.45. The normalized spacial score (nSPS) is 25.3. The van der Waals surface area contributed by atoms with Crippen LogP contribution < -0.4 is 4.74 Å². The molecule has 2 fully saturated rings. The van der Waals surface area contributed by atoms with Crippen LogP contribution in [0.4, 0.5) is 0 Å². The van der Waals surface area contributed by atoms with Crippen molar-refractivity contribution in [3.8, 4) is 5.75 Å². The molecule has 0 aliphatic carbocycles. The highest BCUT2D eigenvalue weighted by atomic mass is 32.2. The van der Waals surface area contributed by atoms with Gasteiger partial charge >= 0.3 is 0 Å². The summed E-state index contributed by atoms with van der Waals surface area (Å²) in [7, 11) is 0.109. The van der Waals surface area contributed by atoms with E-state index >= 15 is 0 Å². The van der Waals surface area contributed by atoms with Gasteiger partial charge in [-0.15, -0.1) is 0 Å². The molecular formula is C15H22N2O4S. The van der Waals surface area contributed by atoms with Crippen LogP contribution in [0, 0.1) is 5.92 Å². The summed E-state index contributed by atoms with van der Waals surface area (Å²) in [5.41, 5.74) is -0.104. The summed E-state index contributed by atoms with van der Waals surface area (Å²) in [5, 5.41) is 9.32. The topological polar surface area (TPSA) is 70.1 Å². The summed E-state index contributed by atoms with van der Waals surface area (Å²) in [6.07, 6.45) is 0.856. The third-order valence-electron chi connectivity index (χ3n) is 4.91. The van der Waals surface area contributed by atoms with E-state index in [1.165, 1.54) is 4.31 Å². The van der Waals surface area contributed by atoms with Crippen LogP contribution in [-0.2, 0) is 10.0 Å². The van der Waals surface area contributed by atoms with Crippen molar-refractivity contribution < 1.29 is 18.3 Å². The van der Waals surface area contributed by atoms with E-state index in [4.69, 9.17) is 4.74 Å². The predicted molar refractivity (Wildman–Crippen MR) is 82.3 cm³/mol. The van der Waals surface area contributed by atoms with Gasteiger partial charge in [0.25, 0.3) is 0 Å². The predicted octanol–water partition coefficient (Wildman–Crippen LogP) is 0.382. The molecule has 2 saturated heterocycles. The Morgan fingerprint density at radius 2 is 1.95 bits per heavy atom. The van der Waals surface area contributed by atoms with Crippen molar-refractivity contribution in [2.45, 2.75) is 16.9 Å². The lowest BCUT2D eigenvalue weighted by molar-refractivity contribution is 0.0374. The third-order valence-corrected chi connectivity index (χ3v) is 6.71. The Hall–Kier alpha value is -1.15. The standard InChI is InChI=1S/C15H22N2O4S/c1-16-8-12(9-18)7-15(16)10-17(11-15)22(19,20)14-5-3-13(21-2)4-6-14/h3-6,12,18H,7-11H2,1-2H3/t12-/m0/s1. The summed E-state index contributed by atoms with van der Waals surface area (Å²) in [6.45, 7) is 1.98. The number of sulfonamides is 1. The van der Waals surface area contributed by atoms with Crippen molar-refractivity contribution in [2.75, 3.05) is 40.4 Å². The molecule has 0 amide bonds. The lowest BCUT2D eigenvalue weighted by Gasteiger charge is -2.50. The molecule has 0 radical (unpaired) electrons. The van der Waals surface area contributed by atoms with Crippen LogP contribution in [0.1, 0.15) is 6.42 Å². The number of hydrogen-bond acceptors (Lipinski definition) is 5. The minimum absolute atomic E-state index is 0.104. The first-order chi connectivity index (χ1) is 10.4. The van der Waals surface area contributed by atoms with Crippen LogP contribution in [0.5, 0.6) is 5.75 Å². The molecule has 6 nitrogen and oxygen atoms in total. The molecule has 0 bridgehead atoms. The van der Waals surface area contributed by atoms with E-state index < -0.39 is 10.0 Å². The second-order valence-corrected chi connectivity index (χ2v) is 8.24. The molecule has 0 unspecified atom stereocenters. The van der Waals surface area contributed by atoms with Crippen molar-refractivity contribution in [3.05, 3.63) is 24.3 Å². The zero-order valence-electron chi connectivity index (χ0n) is 12.9. The lowest BCUT2D eigenvalue weighted by Crippen LogP contribution is -2.67. The zero-order chi connectivity index (χ0) is 16.0. The van der Waals surface area contributed by atoms with Gasteiger partial charge in [0.2, 0.25) is 10.0 Å². The highest BCUT2D eigenvalue weighted by Crippen LogP contribution is 2.41. The summed E-state index contributed by atoms with van der Waals surface area (Å²) < 4.78 is 31.8. The molecule has 7 heteroatoms. The van der Waals surface area contributed by atoms with Crippen molar-refractivity contribution in [1.29, 1.82) is 0 Å². The maximum Gasteiger partial charge on any atom is 0.243 e. The van der Waals surface area contributed by atoms with Gasteiger partial charge in [-0.25, -0.2) is 8.42 Å². The quantitative estimate of drug-likeness (QED) is 0.866. The van der Waals surface area contributed by atoms with Gasteiger partial charge in [0.05, 0.1) is 12.0 Å². The largest absolute Gasteiger partial charge is 0.497 e. The fourth-order valence-corrected chi connectivity index (χ4v) is 5.11. The Bertz CT molecular complexity index is 638. The Balaban J connectivity index is 1.73. The van der Waals surface area contributed by atoms with E-state index in [-0.39, 0.29) is 18.1 Å². The van der Waals surface area contributed by atoms with Gasteiger partial charge in [-0.2, -0.15) is 4.31 Å². The number of hydrogen-bond donors (Lipinski definition) is 1. The first-order valence-corrected chi connectivity index (χ1v) is 8.81. The Morgan fingerprint density at radius 1 is 1.32 bits per heavy atom. The van der Waals surface area contributed by atoms with Crippen LogP contribution >= 0.6 is 0 Å². The van der Waals surface area contributed by atoms with Gasteiger partial charge < -0.3 is 9.84 Å². The van der Waals surface area contributed by atoms with Crippen LogP contribution in [-0.4, -0.2) is 68.7 Å². The number of methoxy groups -OCH3 is 1. The first kappa shape index (κ1) is 15.7. The summed E-state index contributed by atoms with van der Waals surface area (Å²) in [6, 6.07) is 6.47. The average Bonchev–Trinajstić information content (AvgIpc) is 2.83. The van der Waals surface area contributed by atoms with E-state index in [0.717, 1.165) is 13.0 Å². The van der Waals surface area contributed by atoms with Crippen molar-refractivity contribution in [1.82, 2.24) is 9.21 Å². The first-order valence-electron chi connectivity index (χ1n) is 7.37. The molecule has 1 N–H and O–H groups in total. The number of aliphatic hydroxyl groups is 1. The molecule has 122 valence electrons. The minimum Gasteiger partial charge on any atom is -0.497 e. The maximum atomic E-state index is 12.6. The van der Waals surface area contributed by atoms with E-state index in [1.54, 1.807) is 31.4 Å². The van der Waals surface area contributed by atoms with E-state index in [2.05, 4.69) is 4.90 Å². The molecule has 0 saturated carbocycles. The average molecular weight is 326 g/mol. The third kappa shape index (κ3) is 2.42. The SMILES string of the molecule is COc1ccc(S(=O)(=O)N2CC3(C[C@H](CO)CN3C)C2)cc1. The highest BCUT2D eigenvalue weighted by Gasteiger charge is 2.54. The number of likely N-dealkylation sites (tertiary alicyclic amines) is 1. The molecule has 1 atom stereocenters. The Kier molecular flexibility index (Phi) is 3.92. The summed E-state index contributed by atoms with van der Waals surface area (Å²) >= 11 is 0. The van der Waals surface area contributed by atoms with Gasteiger partial charge in [0, 0.05) is 31.8 Å². The van der Waals surface area contributed by atoms with Gasteiger partial charge in [0.15, 0.2) is 0 Å². The monoisotopic (exact) mass is 326 g/mol. The van der Waals surface area contributed by atoms with Crippen LogP contribution in [0.25, 0.3) is 0 Å². The lowest BCUT2D eigenvalue weighted by atomic mass is 9.87. The fourth-order valence-electron chi connectivity index (χ4n) is 3.51. The second kappa shape index (κ2) is 5.49. The summed E-state index contributed by atoms with van der Waals surface area (Å²) in [4.78, 5) is 2.48. The van der Waals surface area contributed by atoms with E-state index in [0.29, 0.717) is 23.7 Å². The molecule has 1 aromatic carbocycles. The number of rotatable bonds is 4. The molecular weight excluding hydrogens is 304 g/mol. The van der Waals surface area contributed by atoms with Gasteiger partial charge in [-0.1, -0.05) is 0 Å². The maximum absolute atomic E-state index is 12.6. The van der Waals surface area contributed by atoms with E-state index in [9.17, 15) is 13.5 Å². The summed E-state index contributed by atoms with van der Waals surface area (Å²) in [5.74, 6) is 0.885. The molecule has 3 rings (SSSR count).